The first-order valence-corrected chi connectivity index (χ1v) is 4.88. The molecule has 0 atom stereocenters. The average Bonchev–Trinajstić information content (AvgIpc) is 2.14. The van der Waals surface area contributed by atoms with E-state index in [9.17, 15) is 9.59 Å². The molecule has 0 bridgehead atoms. The minimum atomic E-state index is -0.522. The van der Waals surface area contributed by atoms with Crippen molar-refractivity contribution in [3.63, 3.8) is 0 Å². The lowest BCUT2D eigenvalue weighted by Crippen LogP contribution is -2.12. The summed E-state index contributed by atoms with van der Waals surface area (Å²) in [5, 5.41) is 0.499. The van der Waals surface area contributed by atoms with Crippen LogP contribution >= 0.6 is 23.2 Å². The van der Waals surface area contributed by atoms with Crippen molar-refractivity contribution < 1.29 is 14.3 Å². The van der Waals surface area contributed by atoms with Crippen molar-refractivity contribution >= 4 is 35.0 Å². The van der Waals surface area contributed by atoms with E-state index in [2.05, 4.69) is 4.74 Å². The van der Waals surface area contributed by atoms with E-state index in [-0.39, 0.29) is 22.2 Å². The number of ketones is 1. The van der Waals surface area contributed by atoms with E-state index >= 15 is 0 Å². The average molecular weight is 247 g/mol. The maximum Gasteiger partial charge on any atom is 0.303 e. The van der Waals surface area contributed by atoms with E-state index in [4.69, 9.17) is 23.2 Å². The minimum absolute atomic E-state index is 0.182. The van der Waals surface area contributed by atoms with Gasteiger partial charge in [-0.2, -0.15) is 0 Å². The summed E-state index contributed by atoms with van der Waals surface area (Å²) in [4.78, 5) is 22.1. The summed E-state index contributed by atoms with van der Waals surface area (Å²) < 4.78 is 4.56. The lowest BCUT2D eigenvalue weighted by atomic mass is 10.1. The molecular weight excluding hydrogens is 239 g/mol. The normalized spacial score (nSPS) is 9.80. The quantitative estimate of drug-likeness (QED) is 0.609. The highest BCUT2D eigenvalue weighted by molar-refractivity contribution is 6.39. The smallest absolute Gasteiger partial charge is 0.303 e. The van der Waals surface area contributed by atoms with Gasteiger partial charge in [0.15, 0.2) is 6.61 Å². The van der Waals surface area contributed by atoms with Gasteiger partial charge in [-0.3, -0.25) is 9.59 Å². The Kier molecular flexibility index (Phi) is 4.12. The Morgan fingerprint density at radius 1 is 1.27 bits per heavy atom. The maximum absolute atomic E-state index is 11.5. The molecule has 0 saturated heterocycles. The number of esters is 1. The van der Waals surface area contributed by atoms with Gasteiger partial charge < -0.3 is 4.74 Å². The highest BCUT2D eigenvalue weighted by atomic mass is 35.5. The second-order valence-corrected chi connectivity index (χ2v) is 3.61. The monoisotopic (exact) mass is 246 g/mol. The van der Waals surface area contributed by atoms with Crippen LogP contribution in [-0.2, 0) is 9.53 Å². The Labute approximate surface area is 96.9 Å². The largest absolute Gasteiger partial charge is 0.457 e. The zero-order valence-electron chi connectivity index (χ0n) is 7.92. The second kappa shape index (κ2) is 5.14. The Balaban J connectivity index is 2.86. The standard InChI is InChI=1S/C10H8Cl2O3/c1-6(13)15-5-9(14)10-7(11)3-2-4-8(10)12/h2-4H,5H2,1H3. The van der Waals surface area contributed by atoms with Gasteiger partial charge in [-0.05, 0) is 12.1 Å². The molecule has 15 heavy (non-hydrogen) atoms. The zero-order chi connectivity index (χ0) is 11.4. The van der Waals surface area contributed by atoms with Crippen LogP contribution in [0.5, 0.6) is 0 Å². The fourth-order valence-corrected chi connectivity index (χ4v) is 1.61. The third kappa shape index (κ3) is 3.22. The molecule has 0 aliphatic heterocycles. The molecular formula is C10H8Cl2O3. The fourth-order valence-electron chi connectivity index (χ4n) is 1.00. The van der Waals surface area contributed by atoms with Gasteiger partial charge >= 0.3 is 5.97 Å². The molecule has 1 aromatic carbocycles. The molecule has 0 N–H and O–H groups in total. The van der Waals surface area contributed by atoms with Crippen molar-refractivity contribution in [2.24, 2.45) is 0 Å². The first-order chi connectivity index (χ1) is 7.02. The molecule has 0 fully saturated rings. The van der Waals surface area contributed by atoms with Crippen molar-refractivity contribution in [2.45, 2.75) is 6.92 Å². The van der Waals surface area contributed by atoms with Crippen LogP contribution in [-0.4, -0.2) is 18.4 Å². The summed E-state index contributed by atoms with van der Waals surface area (Å²) in [5.41, 5.74) is 0.182. The topological polar surface area (TPSA) is 43.4 Å². The third-order valence-electron chi connectivity index (χ3n) is 1.65. The van der Waals surface area contributed by atoms with Crippen molar-refractivity contribution in [1.82, 2.24) is 0 Å². The minimum Gasteiger partial charge on any atom is -0.457 e. The van der Waals surface area contributed by atoms with E-state index in [0.29, 0.717) is 0 Å². The molecule has 0 aliphatic carbocycles. The van der Waals surface area contributed by atoms with Crippen LogP contribution in [0.25, 0.3) is 0 Å². The fraction of sp³-hybridized carbons (Fsp3) is 0.200. The number of ether oxygens (including phenoxy) is 1. The molecule has 0 unspecified atom stereocenters. The lowest BCUT2D eigenvalue weighted by molar-refractivity contribution is -0.139. The first-order valence-electron chi connectivity index (χ1n) is 4.13. The van der Waals surface area contributed by atoms with Gasteiger partial charge in [0, 0.05) is 6.92 Å². The highest BCUT2D eigenvalue weighted by Crippen LogP contribution is 2.24. The van der Waals surface area contributed by atoms with Gasteiger partial charge in [-0.15, -0.1) is 0 Å². The highest BCUT2D eigenvalue weighted by Gasteiger charge is 2.15. The number of halogens is 2. The molecule has 0 aliphatic rings. The van der Waals surface area contributed by atoms with Crippen molar-refractivity contribution in [3.8, 4) is 0 Å². The lowest BCUT2D eigenvalue weighted by Gasteiger charge is -2.05. The summed E-state index contributed by atoms with van der Waals surface area (Å²) in [6, 6.07) is 4.73. The molecule has 0 aromatic heterocycles. The Bertz CT molecular complexity index is 381. The second-order valence-electron chi connectivity index (χ2n) is 2.80. The van der Waals surface area contributed by atoms with Crippen LogP contribution in [0.15, 0.2) is 18.2 Å². The summed E-state index contributed by atoms with van der Waals surface area (Å²) in [6.07, 6.45) is 0. The summed E-state index contributed by atoms with van der Waals surface area (Å²) in [5.74, 6) is -0.938. The van der Waals surface area contributed by atoms with Crippen LogP contribution in [0.3, 0.4) is 0 Å². The van der Waals surface area contributed by atoms with Gasteiger partial charge in [0.1, 0.15) is 0 Å². The molecule has 80 valence electrons. The van der Waals surface area contributed by atoms with Gasteiger partial charge in [0.25, 0.3) is 0 Å². The number of rotatable bonds is 3. The molecule has 1 aromatic rings. The van der Waals surface area contributed by atoms with E-state index in [1.807, 2.05) is 0 Å². The molecule has 3 nitrogen and oxygen atoms in total. The number of hydrogen-bond donors (Lipinski definition) is 0. The van der Waals surface area contributed by atoms with Crippen molar-refractivity contribution in [2.75, 3.05) is 6.61 Å². The van der Waals surface area contributed by atoms with Crippen LogP contribution in [0.4, 0.5) is 0 Å². The Hall–Kier alpha value is -1.06. The molecule has 0 spiro atoms. The van der Waals surface area contributed by atoms with Crippen LogP contribution in [0.1, 0.15) is 17.3 Å². The van der Waals surface area contributed by atoms with Gasteiger partial charge in [-0.25, -0.2) is 0 Å². The van der Waals surface area contributed by atoms with E-state index in [1.54, 1.807) is 18.2 Å². The first kappa shape index (κ1) is 12.0. The van der Waals surface area contributed by atoms with E-state index < -0.39 is 11.8 Å². The van der Waals surface area contributed by atoms with Crippen LogP contribution < -0.4 is 0 Å². The number of carbonyl (C=O) groups is 2. The molecule has 0 saturated carbocycles. The van der Waals surface area contributed by atoms with Crippen LogP contribution in [0, 0.1) is 0 Å². The van der Waals surface area contributed by atoms with Gasteiger partial charge in [0.2, 0.25) is 5.78 Å². The Morgan fingerprint density at radius 3 is 2.27 bits per heavy atom. The predicted molar refractivity (Wildman–Crippen MR) is 57.4 cm³/mol. The van der Waals surface area contributed by atoms with Crippen LogP contribution in [0.2, 0.25) is 10.0 Å². The van der Waals surface area contributed by atoms with Crippen molar-refractivity contribution in [1.29, 1.82) is 0 Å². The molecule has 0 radical (unpaired) electrons. The van der Waals surface area contributed by atoms with E-state index in [0.717, 1.165) is 0 Å². The number of Topliss-reactive ketones (excluding diaryl/α,β-unsaturated/α-hetero) is 1. The molecule has 1 rings (SSSR count). The third-order valence-corrected chi connectivity index (χ3v) is 2.28. The summed E-state index contributed by atoms with van der Waals surface area (Å²) in [7, 11) is 0. The molecule has 0 amide bonds. The predicted octanol–water partition coefficient (Wildman–Crippen LogP) is 2.74. The number of hydrogen-bond acceptors (Lipinski definition) is 3. The SMILES string of the molecule is CC(=O)OCC(=O)c1c(Cl)cccc1Cl. The van der Waals surface area contributed by atoms with E-state index in [1.165, 1.54) is 6.92 Å². The number of carbonyl (C=O) groups excluding carboxylic acids is 2. The number of benzene rings is 1. The maximum atomic E-state index is 11.5. The van der Waals surface area contributed by atoms with Gasteiger partial charge in [-0.1, -0.05) is 29.3 Å². The summed E-state index contributed by atoms with van der Waals surface area (Å²) in [6.45, 7) is 0.875. The molecule has 0 heterocycles. The van der Waals surface area contributed by atoms with Crippen molar-refractivity contribution in [3.05, 3.63) is 33.8 Å². The Morgan fingerprint density at radius 2 is 1.80 bits per heavy atom. The zero-order valence-corrected chi connectivity index (χ0v) is 9.43. The summed E-state index contributed by atoms with van der Waals surface area (Å²) >= 11 is 11.6. The van der Waals surface area contributed by atoms with Gasteiger partial charge in [0.05, 0.1) is 15.6 Å². The molecule has 5 heteroatoms.